The molecule has 1 atom stereocenters. The summed E-state index contributed by atoms with van der Waals surface area (Å²) in [6.07, 6.45) is 8.86. The molecule has 132 valence electrons. The Kier molecular flexibility index (Phi) is 4.55. The Balaban J connectivity index is 1.45. The van der Waals surface area contributed by atoms with Gasteiger partial charge in [0.25, 0.3) is 0 Å². The highest BCUT2D eigenvalue weighted by atomic mass is 35.5. The molecule has 5 rings (SSSR count). The van der Waals surface area contributed by atoms with Gasteiger partial charge in [-0.1, -0.05) is 11.6 Å². The second kappa shape index (κ2) is 6.53. The molecule has 0 spiro atoms. The van der Waals surface area contributed by atoms with Crippen molar-refractivity contribution in [2.75, 3.05) is 6.61 Å². The fourth-order valence-corrected chi connectivity index (χ4v) is 6.36. The van der Waals surface area contributed by atoms with Crippen molar-refractivity contribution in [1.29, 1.82) is 0 Å². The molecule has 4 aliphatic rings. The van der Waals surface area contributed by atoms with Crippen molar-refractivity contribution in [3.8, 4) is 5.75 Å². The summed E-state index contributed by atoms with van der Waals surface area (Å²) in [5, 5.41) is 4.63. The third-order valence-electron chi connectivity index (χ3n) is 6.93. The second-order valence-corrected chi connectivity index (χ2v) is 9.00. The number of nitrogens with one attached hydrogen (secondary N) is 1. The summed E-state index contributed by atoms with van der Waals surface area (Å²) in [5.41, 5.74) is 1.72. The molecule has 4 bridgehead atoms. The van der Waals surface area contributed by atoms with Crippen LogP contribution < -0.4 is 10.1 Å². The lowest BCUT2D eigenvalue weighted by molar-refractivity contribution is -0.0706. The van der Waals surface area contributed by atoms with Gasteiger partial charge >= 0.3 is 0 Å². The van der Waals surface area contributed by atoms with Crippen molar-refractivity contribution in [1.82, 2.24) is 5.32 Å². The van der Waals surface area contributed by atoms with Gasteiger partial charge in [0, 0.05) is 23.2 Å². The van der Waals surface area contributed by atoms with E-state index in [1.54, 1.807) is 0 Å². The van der Waals surface area contributed by atoms with Crippen LogP contribution in [0.25, 0.3) is 0 Å². The van der Waals surface area contributed by atoms with Crippen LogP contribution in [-0.4, -0.2) is 12.6 Å². The molecule has 0 saturated heterocycles. The molecule has 1 N–H and O–H groups in total. The summed E-state index contributed by atoms with van der Waals surface area (Å²) >= 11 is 6.21. The van der Waals surface area contributed by atoms with E-state index in [1.807, 2.05) is 25.1 Å². The number of halogens is 1. The zero-order valence-electron chi connectivity index (χ0n) is 15.0. The van der Waals surface area contributed by atoms with Crippen LogP contribution in [0.4, 0.5) is 0 Å². The van der Waals surface area contributed by atoms with Crippen LogP contribution in [0, 0.1) is 23.2 Å². The van der Waals surface area contributed by atoms with E-state index in [0.717, 1.165) is 35.1 Å². The highest BCUT2D eigenvalue weighted by Gasteiger charge is 2.52. The van der Waals surface area contributed by atoms with E-state index in [4.69, 9.17) is 16.3 Å². The normalized spacial score (nSPS) is 35.2. The zero-order chi connectivity index (χ0) is 16.7. The maximum atomic E-state index is 6.21. The van der Waals surface area contributed by atoms with E-state index in [1.165, 1.54) is 44.1 Å². The van der Waals surface area contributed by atoms with Crippen molar-refractivity contribution < 1.29 is 4.74 Å². The summed E-state index contributed by atoms with van der Waals surface area (Å²) in [7, 11) is 0. The molecule has 2 nitrogen and oxygen atoms in total. The Labute approximate surface area is 151 Å². The lowest BCUT2D eigenvalue weighted by atomic mass is 9.48. The van der Waals surface area contributed by atoms with Crippen LogP contribution in [0.15, 0.2) is 18.2 Å². The molecule has 4 aliphatic carbocycles. The quantitative estimate of drug-likeness (QED) is 0.740. The molecule has 0 radical (unpaired) electrons. The molecule has 4 fully saturated rings. The molecule has 4 saturated carbocycles. The molecule has 1 aromatic rings. The first-order valence-electron chi connectivity index (χ1n) is 9.72. The van der Waals surface area contributed by atoms with E-state index in [2.05, 4.69) is 12.2 Å². The van der Waals surface area contributed by atoms with Crippen LogP contribution >= 0.6 is 11.6 Å². The lowest BCUT2D eigenvalue weighted by Gasteiger charge is -2.59. The standard InChI is InChI=1S/C21H30ClNO/c1-3-24-20-5-4-19(22)9-18(20)13-23-14(2)21-10-15-6-16(11-21)8-17(7-15)12-21/h4-5,9,14-17,23H,3,6-8,10-13H2,1-2H3/t14-,15?,16?,17?,21?/m1/s1. The average molecular weight is 348 g/mol. The van der Waals surface area contributed by atoms with Gasteiger partial charge in [0.1, 0.15) is 5.75 Å². The first-order chi connectivity index (χ1) is 11.6. The number of rotatable bonds is 6. The van der Waals surface area contributed by atoms with Gasteiger partial charge in [-0.3, -0.25) is 0 Å². The predicted octanol–water partition coefficient (Wildman–Crippen LogP) is 5.43. The Hall–Kier alpha value is -0.730. The minimum Gasteiger partial charge on any atom is -0.494 e. The third-order valence-corrected chi connectivity index (χ3v) is 7.16. The lowest BCUT2D eigenvalue weighted by Crippen LogP contribution is -2.54. The van der Waals surface area contributed by atoms with Gasteiger partial charge in [0.05, 0.1) is 6.61 Å². The van der Waals surface area contributed by atoms with Crippen molar-refractivity contribution in [2.45, 2.75) is 65.0 Å². The second-order valence-electron chi connectivity index (χ2n) is 8.57. The summed E-state index contributed by atoms with van der Waals surface area (Å²) < 4.78 is 5.77. The van der Waals surface area contributed by atoms with E-state index in [9.17, 15) is 0 Å². The van der Waals surface area contributed by atoms with Gasteiger partial charge in [0.2, 0.25) is 0 Å². The number of hydrogen-bond donors (Lipinski definition) is 1. The average Bonchev–Trinajstić information content (AvgIpc) is 2.53. The highest BCUT2D eigenvalue weighted by Crippen LogP contribution is 2.61. The molecule has 1 aromatic carbocycles. The van der Waals surface area contributed by atoms with Gasteiger partial charge in [-0.2, -0.15) is 0 Å². The summed E-state index contributed by atoms with van der Waals surface area (Å²) in [5.74, 6) is 3.98. The molecule has 0 aromatic heterocycles. The summed E-state index contributed by atoms with van der Waals surface area (Å²) in [4.78, 5) is 0. The first kappa shape index (κ1) is 16.7. The SMILES string of the molecule is CCOc1ccc(Cl)cc1CN[C@H](C)C12CC3CC(CC(C3)C1)C2. The van der Waals surface area contributed by atoms with Gasteiger partial charge in [-0.15, -0.1) is 0 Å². The maximum absolute atomic E-state index is 6.21. The Morgan fingerprint density at radius 2 is 1.79 bits per heavy atom. The zero-order valence-corrected chi connectivity index (χ0v) is 15.7. The van der Waals surface area contributed by atoms with Crippen molar-refractivity contribution in [3.63, 3.8) is 0 Å². The van der Waals surface area contributed by atoms with Gasteiger partial charge in [-0.05, 0) is 93.7 Å². The van der Waals surface area contributed by atoms with Gasteiger partial charge in [0.15, 0.2) is 0 Å². The largest absolute Gasteiger partial charge is 0.494 e. The van der Waals surface area contributed by atoms with Crippen LogP contribution in [0.3, 0.4) is 0 Å². The van der Waals surface area contributed by atoms with E-state index in [-0.39, 0.29) is 0 Å². The molecular weight excluding hydrogens is 318 g/mol. The topological polar surface area (TPSA) is 21.3 Å². The van der Waals surface area contributed by atoms with Crippen LogP contribution in [0.5, 0.6) is 5.75 Å². The molecule has 0 heterocycles. The fraction of sp³-hybridized carbons (Fsp3) is 0.714. The predicted molar refractivity (Wildman–Crippen MR) is 99.5 cm³/mol. The smallest absolute Gasteiger partial charge is 0.123 e. The monoisotopic (exact) mass is 347 g/mol. The maximum Gasteiger partial charge on any atom is 0.123 e. The Morgan fingerprint density at radius 3 is 2.38 bits per heavy atom. The molecular formula is C21H30ClNO. The fourth-order valence-electron chi connectivity index (χ4n) is 6.17. The molecule has 3 heteroatoms. The minimum absolute atomic E-state index is 0.541. The minimum atomic E-state index is 0.541. The van der Waals surface area contributed by atoms with Gasteiger partial charge in [-0.25, -0.2) is 0 Å². The van der Waals surface area contributed by atoms with Crippen LogP contribution in [0.1, 0.15) is 57.9 Å². The Morgan fingerprint density at radius 1 is 1.17 bits per heavy atom. The van der Waals surface area contributed by atoms with Crippen molar-refractivity contribution in [2.24, 2.45) is 23.2 Å². The third kappa shape index (κ3) is 3.08. The molecule has 0 unspecified atom stereocenters. The van der Waals surface area contributed by atoms with Crippen molar-refractivity contribution in [3.05, 3.63) is 28.8 Å². The number of benzene rings is 1. The highest BCUT2D eigenvalue weighted by molar-refractivity contribution is 6.30. The summed E-state index contributed by atoms with van der Waals surface area (Å²) in [6, 6.07) is 6.53. The van der Waals surface area contributed by atoms with E-state index in [0.29, 0.717) is 18.1 Å². The van der Waals surface area contributed by atoms with Gasteiger partial charge < -0.3 is 10.1 Å². The number of hydrogen-bond acceptors (Lipinski definition) is 2. The molecule has 0 aliphatic heterocycles. The van der Waals surface area contributed by atoms with E-state index < -0.39 is 0 Å². The first-order valence-corrected chi connectivity index (χ1v) is 10.1. The Bertz CT molecular complexity index is 564. The molecule has 24 heavy (non-hydrogen) atoms. The number of ether oxygens (including phenoxy) is 1. The van der Waals surface area contributed by atoms with Crippen LogP contribution in [0.2, 0.25) is 5.02 Å². The van der Waals surface area contributed by atoms with Crippen LogP contribution in [-0.2, 0) is 6.54 Å². The van der Waals surface area contributed by atoms with Crippen molar-refractivity contribution >= 4 is 11.6 Å². The molecule has 0 amide bonds. The van der Waals surface area contributed by atoms with E-state index >= 15 is 0 Å². The summed E-state index contributed by atoms with van der Waals surface area (Å²) in [6.45, 7) is 5.99.